The highest BCUT2D eigenvalue weighted by molar-refractivity contribution is 5.69. The summed E-state index contributed by atoms with van der Waals surface area (Å²) in [7, 11) is 0. The molecule has 0 aromatic carbocycles. The van der Waals surface area contributed by atoms with E-state index in [1.807, 2.05) is 20.8 Å². The lowest BCUT2D eigenvalue weighted by atomic mass is 10.0. The van der Waals surface area contributed by atoms with Crippen LogP contribution in [0.15, 0.2) is 33.8 Å². The van der Waals surface area contributed by atoms with Crippen molar-refractivity contribution in [1.29, 1.82) is 0 Å². The number of rotatable bonds is 3. The van der Waals surface area contributed by atoms with Crippen molar-refractivity contribution in [3.8, 4) is 11.4 Å². The first-order valence-electron chi connectivity index (χ1n) is 9.32. The van der Waals surface area contributed by atoms with Crippen molar-refractivity contribution >= 4 is 6.09 Å². The van der Waals surface area contributed by atoms with E-state index in [0.29, 0.717) is 37.5 Å². The van der Waals surface area contributed by atoms with Gasteiger partial charge in [-0.25, -0.2) is 4.79 Å². The summed E-state index contributed by atoms with van der Waals surface area (Å²) in [6, 6.07) is 3.51. The Morgan fingerprint density at radius 2 is 2.21 bits per heavy atom. The van der Waals surface area contributed by atoms with Crippen LogP contribution in [-0.4, -0.2) is 48.0 Å². The molecule has 0 saturated carbocycles. The number of carbonyl (C=O) groups excluding carboxylic acids is 1. The summed E-state index contributed by atoms with van der Waals surface area (Å²) in [5.74, 6) is 0.543. The minimum atomic E-state index is -0.566. The number of aromatic nitrogens is 5. The van der Waals surface area contributed by atoms with Crippen molar-refractivity contribution in [2.24, 2.45) is 0 Å². The molecule has 0 aliphatic carbocycles. The van der Waals surface area contributed by atoms with Gasteiger partial charge in [0.05, 0.1) is 12.1 Å². The number of hydrogen-bond donors (Lipinski definition) is 1. The average Bonchev–Trinajstić information content (AvgIpc) is 3.32. The van der Waals surface area contributed by atoms with E-state index >= 15 is 0 Å². The molecule has 0 radical (unpaired) electrons. The number of nitrogens with zero attached hydrogens (tertiary/aromatic N) is 5. The van der Waals surface area contributed by atoms with Crippen molar-refractivity contribution in [3.63, 3.8) is 0 Å². The molecule has 1 N–H and O–H groups in total. The van der Waals surface area contributed by atoms with Crippen molar-refractivity contribution in [3.05, 3.63) is 52.0 Å². The van der Waals surface area contributed by atoms with Crippen LogP contribution < -0.4 is 5.56 Å². The number of pyridine rings is 1. The van der Waals surface area contributed by atoms with E-state index in [0.717, 1.165) is 11.3 Å². The fourth-order valence-corrected chi connectivity index (χ4v) is 3.12. The fraction of sp³-hybridized carbons (Fsp3) is 0.421. The molecule has 29 heavy (non-hydrogen) atoms. The zero-order valence-electron chi connectivity index (χ0n) is 16.5. The molecule has 3 aromatic rings. The zero-order chi connectivity index (χ0) is 20.6. The fourth-order valence-electron chi connectivity index (χ4n) is 3.12. The van der Waals surface area contributed by atoms with Crippen molar-refractivity contribution in [2.75, 3.05) is 6.54 Å². The van der Waals surface area contributed by atoms with Gasteiger partial charge in [-0.2, -0.15) is 10.1 Å². The second kappa shape index (κ2) is 7.19. The maximum atomic E-state index is 12.5. The summed E-state index contributed by atoms with van der Waals surface area (Å²) in [5.41, 5.74) is 1.07. The monoisotopic (exact) mass is 398 g/mol. The van der Waals surface area contributed by atoms with Gasteiger partial charge in [-0.05, 0) is 38.5 Å². The van der Waals surface area contributed by atoms with E-state index in [9.17, 15) is 9.59 Å². The summed E-state index contributed by atoms with van der Waals surface area (Å²) in [4.78, 5) is 33.7. The summed E-state index contributed by atoms with van der Waals surface area (Å²) < 4.78 is 12.3. The molecule has 0 unspecified atom stereocenters. The first kappa shape index (κ1) is 18.9. The van der Waals surface area contributed by atoms with Gasteiger partial charge in [0.15, 0.2) is 0 Å². The van der Waals surface area contributed by atoms with Gasteiger partial charge in [0.25, 0.3) is 5.56 Å². The van der Waals surface area contributed by atoms with Crippen LogP contribution in [0.1, 0.15) is 37.9 Å². The average molecular weight is 398 g/mol. The second-order valence-electron chi connectivity index (χ2n) is 7.88. The molecule has 0 saturated heterocycles. The highest BCUT2D eigenvalue weighted by Gasteiger charge is 2.27. The standard InChI is InChI=1S/C19H22N6O4/c1-19(2,3)28-18(27)24-8-5-14-12(10-24)9-13(17(26)21-14)16-22-15(29-23-16)11-25-7-4-6-20-25/h4,6-7,9H,5,8,10-11H2,1-3H3,(H,21,26). The molecule has 10 nitrogen and oxygen atoms in total. The number of hydrogen-bond acceptors (Lipinski definition) is 7. The molecule has 10 heteroatoms. The third-order valence-corrected chi connectivity index (χ3v) is 4.43. The molecule has 1 aliphatic heterocycles. The summed E-state index contributed by atoms with van der Waals surface area (Å²) in [6.45, 7) is 6.62. The predicted molar refractivity (Wildman–Crippen MR) is 102 cm³/mol. The van der Waals surface area contributed by atoms with Crippen molar-refractivity contribution in [2.45, 2.75) is 45.9 Å². The molecule has 0 bridgehead atoms. The summed E-state index contributed by atoms with van der Waals surface area (Å²) in [5, 5.41) is 8.02. The SMILES string of the molecule is CC(C)(C)OC(=O)N1CCc2[nH]c(=O)c(-c3noc(Cn4cccn4)n3)cc2C1. The van der Waals surface area contributed by atoms with Gasteiger partial charge in [-0.3, -0.25) is 9.48 Å². The minimum Gasteiger partial charge on any atom is -0.444 e. The van der Waals surface area contributed by atoms with Crippen LogP contribution in [0.4, 0.5) is 4.79 Å². The largest absolute Gasteiger partial charge is 0.444 e. The number of fused-ring (bicyclic) bond motifs is 1. The number of H-pyrrole nitrogens is 1. The van der Waals surface area contributed by atoms with E-state index in [1.54, 1.807) is 34.1 Å². The Balaban J connectivity index is 1.56. The molecule has 0 spiro atoms. The molecule has 0 fully saturated rings. The van der Waals surface area contributed by atoms with Crippen LogP contribution in [-0.2, 0) is 24.2 Å². The van der Waals surface area contributed by atoms with Crippen LogP contribution in [0.25, 0.3) is 11.4 Å². The Morgan fingerprint density at radius 3 is 2.93 bits per heavy atom. The highest BCUT2D eigenvalue weighted by atomic mass is 16.6. The van der Waals surface area contributed by atoms with E-state index in [4.69, 9.17) is 9.26 Å². The summed E-state index contributed by atoms with van der Waals surface area (Å²) >= 11 is 0. The van der Waals surface area contributed by atoms with E-state index < -0.39 is 5.60 Å². The molecular formula is C19H22N6O4. The predicted octanol–water partition coefficient (Wildman–Crippen LogP) is 1.96. The number of amides is 1. The smallest absolute Gasteiger partial charge is 0.410 e. The van der Waals surface area contributed by atoms with E-state index in [2.05, 4.69) is 20.2 Å². The minimum absolute atomic E-state index is 0.200. The third kappa shape index (κ3) is 4.20. The first-order chi connectivity index (χ1) is 13.8. The quantitative estimate of drug-likeness (QED) is 0.716. The molecular weight excluding hydrogens is 376 g/mol. The molecule has 4 heterocycles. The lowest BCUT2D eigenvalue weighted by Crippen LogP contribution is -2.40. The Labute approximate surface area is 166 Å². The number of carbonyl (C=O) groups is 1. The maximum absolute atomic E-state index is 12.5. The molecule has 152 valence electrons. The maximum Gasteiger partial charge on any atom is 0.410 e. The van der Waals surface area contributed by atoms with Gasteiger partial charge in [-0.15, -0.1) is 0 Å². The van der Waals surface area contributed by atoms with Crippen molar-refractivity contribution < 1.29 is 14.1 Å². The van der Waals surface area contributed by atoms with Gasteiger partial charge in [0.1, 0.15) is 12.1 Å². The van der Waals surface area contributed by atoms with Gasteiger partial charge < -0.3 is 19.1 Å². The number of aromatic amines is 1. The van der Waals surface area contributed by atoms with E-state index in [1.165, 1.54) is 0 Å². The lowest BCUT2D eigenvalue weighted by Gasteiger charge is -2.31. The Hall–Kier alpha value is -3.43. The molecule has 1 amide bonds. The summed E-state index contributed by atoms with van der Waals surface area (Å²) in [6.07, 6.45) is 3.60. The molecule has 0 atom stereocenters. The normalized spacial score (nSPS) is 14.0. The Kier molecular flexibility index (Phi) is 4.69. The van der Waals surface area contributed by atoms with Crippen LogP contribution in [0.2, 0.25) is 0 Å². The first-order valence-corrected chi connectivity index (χ1v) is 9.32. The third-order valence-electron chi connectivity index (χ3n) is 4.43. The van der Waals surface area contributed by atoms with Crippen molar-refractivity contribution in [1.82, 2.24) is 29.8 Å². The molecule has 3 aromatic heterocycles. The van der Waals surface area contributed by atoms with Crippen LogP contribution >= 0.6 is 0 Å². The van der Waals surface area contributed by atoms with Gasteiger partial charge in [0.2, 0.25) is 11.7 Å². The Bertz CT molecular complexity index is 1080. The van der Waals surface area contributed by atoms with Gasteiger partial charge in [-0.1, -0.05) is 5.16 Å². The van der Waals surface area contributed by atoms with Crippen LogP contribution in [0.3, 0.4) is 0 Å². The van der Waals surface area contributed by atoms with Gasteiger partial charge in [0, 0.05) is 31.1 Å². The Morgan fingerprint density at radius 1 is 1.38 bits per heavy atom. The highest BCUT2D eigenvalue weighted by Crippen LogP contribution is 2.22. The lowest BCUT2D eigenvalue weighted by molar-refractivity contribution is 0.0222. The number of nitrogens with one attached hydrogen (secondary N) is 1. The van der Waals surface area contributed by atoms with E-state index in [-0.39, 0.29) is 17.5 Å². The van der Waals surface area contributed by atoms with Gasteiger partial charge >= 0.3 is 6.09 Å². The molecule has 1 aliphatic rings. The molecule has 4 rings (SSSR count). The van der Waals surface area contributed by atoms with Crippen LogP contribution in [0, 0.1) is 0 Å². The van der Waals surface area contributed by atoms with Crippen LogP contribution in [0.5, 0.6) is 0 Å². The number of ether oxygens (including phenoxy) is 1. The topological polar surface area (TPSA) is 119 Å². The zero-order valence-corrected chi connectivity index (χ0v) is 16.5. The second-order valence-corrected chi connectivity index (χ2v) is 7.88.